The predicted octanol–water partition coefficient (Wildman–Crippen LogP) is 2.96. The van der Waals surface area contributed by atoms with Gasteiger partial charge in [-0.05, 0) is 62.7 Å². The highest BCUT2D eigenvalue weighted by atomic mass is 16.6. The lowest BCUT2D eigenvalue weighted by Crippen LogP contribution is -2.46. The molecule has 0 aliphatic rings. The Morgan fingerprint density at radius 1 is 1.15 bits per heavy atom. The van der Waals surface area contributed by atoms with Crippen molar-refractivity contribution in [3.63, 3.8) is 0 Å². The summed E-state index contributed by atoms with van der Waals surface area (Å²) in [5, 5.41) is 24.3. The van der Waals surface area contributed by atoms with Gasteiger partial charge in [0.15, 0.2) is 0 Å². The summed E-state index contributed by atoms with van der Waals surface area (Å²) in [4.78, 5) is 39.3. The third-order valence-electron chi connectivity index (χ3n) is 4.45. The van der Waals surface area contributed by atoms with Crippen LogP contribution in [0.2, 0.25) is 0 Å². The summed E-state index contributed by atoms with van der Waals surface area (Å²) in [5.41, 5.74) is -0.0407. The second-order valence-electron chi connectivity index (χ2n) is 8.25. The fourth-order valence-electron chi connectivity index (χ4n) is 3.02. The standard InChI is InChI=1S/C24H28N4O6/c1-24(2,3)34-23(32)26-15-20(30)28(13-12-25)21(16-6-5-7-18(29)14-16)22(31)27-17-8-10-19(33-4)11-9-17/h5-11,14,21,29H,13,15H2,1-4H3,(H,26,32)(H,27,31). The van der Waals surface area contributed by atoms with Gasteiger partial charge in [-0.1, -0.05) is 12.1 Å². The Labute approximate surface area is 198 Å². The summed E-state index contributed by atoms with van der Waals surface area (Å²) in [5.74, 6) is -0.824. The number of nitrogens with one attached hydrogen (secondary N) is 2. The Hall–Kier alpha value is -4.26. The number of hydrogen-bond donors (Lipinski definition) is 3. The molecular weight excluding hydrogens is 440 g/mol. The van der Waals surface area contributed by atoms with Gasteiger partial charge in [0.2, 0.25) is 5.91 Å². The van der Waals surface area contributed by atoms with Gasteiger partial charge in [0.25, 0.3) is 5.91 Å². The fraction of sp³-hybridized carbons (Fsp3) is 0.333. The van der Waals surface area contributed by atoms with E-state index in [0.29, 0.717) is 11.4 Å². The number of alkyl carbamates (subject to hydrolysis) is 1. The molecule has 1 unspecified atom stereocenters. The molecule has 0 aliphatic heterocycles. The van der Waals surface area contributed by atoms with E-state index in [1.54, 1.807) is 51.1 Å². The first-order chi connectivity index (χ1) is 16.0. The quantitative estimate of drug-likeness (QED) is 0.506. The SMILES string of the molecule is COc1ccc(NC(=O)C(c2cccc(O)c2)N(CC#N)C(=O)CNC(=O)OC(C)(C)C)cc1. The van der Waals surface area contributed by atoms with Crippen molar-refractivity contribution in [2.24, 2.45) is 0 Å². The first-order valence-electron chi connectivity index (χ1n) is 10.4. The van der Waals surface area contributed by atoms with Crippen LogP contribution >= 0.6 is 0 Å². The molecular formula is C24H28N4O6. The fourth-order valence-corrected chi connectivity index (χ4v) is 3.02. The Kier molecular flexibility index (Phi) is 8.84. The van der Waals surface area contributed by atoms with E-state index in [4.69, 9.17) is 9.47 Å². The average Bonchev–Trinajstić information content (AvgIpc) is 2.76. The zero-order valence-electron chi connectivity index (χ0n) is 19.5. The van der Waals surface area contributed by atoms with Crippen molar-refractivity contribution in [2.75, 3.05) is 25.5 Å². The number of amides is 3. The minimum Gasteiger partial charge on any atom is -0.508 e. The molecule has 2 aromatic rings. The Morgan fingerprint density at radius 2 is 1.82 bits per heavy atom. The first-order valence-corrected chi connectivity index (χ1v) is 10.4. The van der Waals surface area contributed by atoms with E-state index in [1.165, 1.54) is 25.3 Å². The van der Waals surface area contributed by atoms with Gasteiger partial charge in [0, 0.05) is 5.69 Å². The highest BCUT2D eigenvalue weighted by molar-refractivity contribution is 5.98. The number of methoxy groups -OCH3 is 1. The van der Waals surface area contributed by atoms with E-state index in [1.807, 2.05) is 6.07 Å². The lowest BCUT2D eigenvalue weighted by molar-refractivity contribution is -0.137. The number of ether oxygens (including phenoxy) is 2. The summed E-state index contributed by atoms with van der Waals surface area (Å²) in [7, 11) is 1.52. The summed E-state index contributed by atoms with van der Waals surface area (Å²) >= 11 is 0. The van der Waals surface area contributed by atoms with Crippen LogP contribution in [-0.2, 0) is 14.3 Å². The molecule has 0 aliphatic carbocycles. The molecule has 3 N–H and O–H groups in total. The summed E-state index contributed by atoms with van der Waals surface area (Å²) in [6.45, 7) is 4.10. The van der Waals surface area contributed by atoms with Crippen LogP contribution < -0.4 is 15.4 Å². The maximum absolute atomic E-state index is 13.3. The minimum absolute atomic E-state index is 0.115. The van der Waals surface area contributed by atoms with Gasteiger partial charge in [0.1, 0.15) is 36.2 Å². The molecule has 10 heteroatoms. The average molecular weight is 469 g/mol. The molecule has 2 rings (SSSR count). The maximum Gasteiger partial charge on any atom is 0.408 e. The molecule has 10 nitrogen and oxygen atoms in total. The molecule has 0 saturated carbocycles. The second kappa shape index (κ2) is 11.6. The molecule has 0 aromatic heterocycles. The number of carbonyl (C=O) groups is 3. The molecule has 0 radical (unpaired) electrons. The number of anilines is 1. The van der Waals surface area contributed by atoms with Crippen LogP contribution in [0.25, 0.3) is 0 Å². The van der Waals surface area contributed by atoms with Gasteiger partial charge in [-0.15, -0.1) is 0 Å². The monoisotopic (exact) mass is 468 g/mol. The normalized spacial score (nSPS) is 11.5. The lowest BCUT2D eigenvalue weighted by Gasteiger charge is -2.29. The number of benzene rings is 2. The van der Waals surface area contributed by atoms with E-state index in [9.17, 15) is 24.8 Å². The van der Waals surface area contributed by atoms with Crippen LogP contribution in [0.3, 0.4) is 0 Å². The summed E-state index contributed by atoms with van der Waals surface area (Å²) < 4.78 is 10.2. The molecule has 180 valence electrons. The summed E-state index contributed by atoms with van der Waals surface area (Å²) in [6.07, 6.45) is -0.811. The zero-order valence-corrected chi connectivity index (χ0v) is 19.5. The van der Waals surface area contributed by atoms with Crippen molar-refractivity contribution < 1.29 is 29.0 Å². The Morgan fingerprint density at radius 3 is 2.38 bits per heavy atom. The number of phenols is 1. The van der Waals surface area contributed by atoms with Crippen LogP contribution in [0, 0.1) is 11.3 Å². The predicted molar refractivity (Wildman–Crippen MR) is 124 cm³/mol. The third kappa shape index (κ3) is 7.70. The van der Waals surface area contributed by atoms with E-state index in [-0.39, 0.29) is 11.3 Å². The number of rotatable bonds is 8. The van der Waals surface area contributed by atoms with Crippen molar-refractivity contribution in [1.29, 1.82) is 5.26 Å². The van der Waals surface area contributed by atoms with Crippen molar-refractivity contribution in [3.8, 4) is 17.6 Å². The Balaban J connectivity index is 2.31. The van der Waals surface area contributed by atoms with Crippen LogP contribution in [0.1, 0.15) is 32.4 Å². The molecule has 34 heavy (non-hydrogen) atoms. The van der Waals surface area contributed by atoms with E-state index in [2.05, 4.69) is 10.6 Å². The van der Waals surface area contributed by atoms with Crippen LogP contribution in [0.5, 0.6) is 11.5 Å². The van der Waals surface area contributed by atoms with E-state index in [0.717, 1.165) is 4.90 Å². The second-order valence-corrected chi connectivity index (χ2v) is 8.25. The molecule has 1 atom stereocenters. The zero-order chi connectivity index (χ0) is 25.3. The van der Waals surface area contributed by atoms with Gasteiger partial charge < -0.3 is 30.1 Å². The number of nitriles is 1. The van der Waals surface area contributed by atoms with Gasteiger partial charge in [0.05, 0.1) is 13.2 Å². The number of carbonyl (C=O) groups excluding carboxylic acids is 3. The topological polar surface area (TPSA) is 141 Å². The molecule has 0 fully saturated rings. The van der Waals surface area contributed by atoms with Gasteiger partial charge >= 0.3 is 6.09 Å². The highest BCUT2D eigenvalue weighted by Gasteiger charge is 2.32. The molecule has 0 bridgehead atoms. The van der Waals surface area contributed by atoms with Crippen molar-refractivity contribution >= 4 is 23.6 Å². The minimum atomic E-state index is -1.26. The van der Waals surface area contributed by atoms with Crippen LogP contribution in [-0.4, -0.2) is 53.7 Å². The van der Waals surface area contributed by atoms with Crippen molar-refractivity contribution in [1.82, 2.24) is 10.2 Å². The largest absolute Gasteiger partial charge is 0.508 e. The first kappa shape index (κ1) is 26.0. The molecule has 0 saturated heterocycles. The van der Waals surface area contributed by atoms with Crippen molar-refractivity contribution in [3.05, 3.63) is 54.1 Å². The number of nitrogens with zero attached hydrogens (tertiary/aromatic N) is 2. The molecule has 2 aromatic carbocycles. The van der Waals surface area contributed by atoms with E-state index >= 15 is 0 Å². The summed E-state index contributed by atoms with van der Waals surface area (Å²) in [6, 6.07) is 13.0. The van der Waals surface area contributed by atoms with Gasteiger partial charge in [-0.3, -0.25) is 9.59 Å². The maximum atomic E-state index is 13.3. The van der Waals surface area contributed by atoms with Gasteiger partial charge in [-0.2, -0.15) is 5.26 Å². The number of hydrogen-bond acceptors (Lipinski definition) is 7. The van der Waals surface area contributed by atoms with Crippen LogP contribution in [0.15, 0.2) is 48.5 Å². The molecule has 3 amide bonds. The van der Waals surface area contributed by atoms with Crippen molar-refractivity contribution in [2.45, 2.75) is 32.4 Å². The smallest absolute Gasteiger partial charge is 0.408 e. The molecule has 0 heterocycles. The van der Waals surface area contributed by atoms with Crippen LogP contribution in [0.4, 0.5) is 10.5 Å². The highest BCUT2D eigenvalue weighted by Crippen LogP contribution is 2.26. The number of aromatic hydroxyl groups is 1. The molecule has 0 spiro atoms. The number of phenolic OH excluding ortho intramolecular Hbond substituents is 1. The van der Waals surface area contributed by atoms with Gasteiger partial charge in [-0.25, -0.2) is 4.79 Å². The third-order valence-corrected chi connectivity index (χ3v) is 4.45. The Bertz CT molecular complexity index is 1060. The lowest BCUT2D eigenvalue weighted by atomic mass is 10.0. The van der Waals surface area contributed by atoms with E-state index < -0.39 is 42.6 Å².